The van der Waals surface area contributed by atoms with Crippen molar-refractivity contribution in [2.45, 2.75) is 65.4 Å². The highest BCUT2D eigenvalue weighted by atomic mass is 16.3. The number of rotatable bonds is 7. The maximum Gasteiger partial charge on any atom is 0.0930 e. The number of hydrogen-bond acceptors (Lipinski definition) is 0. The zero-order chi connectivity index (χ0) is 9.40. The van der Waals surface area contributed by atoms with Crippen LogP contribution in [0.2, 0.25) is 0 Å². The molecule has 0 heterocycles. The van der Waals surface area contributed by atoms with Crippen molar-refractivity contribution in [1.82, 2.24) is 0 Å². The third-order valence-corrected chi connectivity index (χ3v) is 2.20. The summed E-state index contributed by atoms with van der Waals surface area (Å²) < 4.78 is 0. The standard InChI is InChI=1S/C11H23O/c1-4-5-6-7-11(12)9-8-10(2)3/h10-11H,4-9H2,1-3H3. The molecule has 0 aromatic heterocycles. The van der Waals surface area contributed by atoms with E-state index in [1.165, 1.54) is 12.8 Å². The van der Waals surface area contributed by atoms with Gasteiger partial charge in [-0.3, -0.25) is 0 Å². The molecule has 1 nitrogen and oxygen atoms in total. The Hall–Kier alpha value is -0.0400. The minimum absolute atomic E-state index is 0.293. The monoisotopic (exact) mass is 171 g/mol. The van der Waals surface area contributed by atoms with Crippen LogP contribution in [0.15, 0.2) is 0 Å². The van der Waals surface area contributed by atoms with Gasteiger partial charge in [0.1, 0.15) is 0 Å². The first-order valence-electron chi connectivity index (χ1n) is 5.32. The Morgan fingerprint density at radius 2 is 1.67 bits per heavy atom. The van der Waals surface area contributed by atoms with Crippen molar-refractivity contribution in [2.75, 3.05) is 0 Å². The summed E-state index contributed by atoms with van der Waals surface area (Å²) in [6.45, 7) is 6.53. The molecule has 0 spiro atoms. The first kappa shape index (κ1) is 12.0. The normalized spacial score (nSPS) is 13.8. The van der Waals surface area contributed by atoms with Gasteiger partial charge in [-0.2, -0.15) is 0 Å². The molecular weight excluding hydrogens is 148 g/mol. The van der Waals surface area contributed by atoms with E-state index in [2.05, 4.69) is 20.8 Å². The molecule has 0 aliphatic carbocycles. The second-order valence-corrected chi connectivity index (χ2v) is 4.09. The van der Waals surface area contributed by atoms with Crippen LogP contribution >= 0.6 is 0 Å². The topological polar surface area (TPSA) is 19.9 Å². The van der Waals surface area contributed by atoms with Crippen molar-refractivity contribution in [3.8, 4) is 0 Å². The van der Waals surface area contributed by atoms with E-state index in [0.29, 0.717) is 5.92 Å². The van der Waals surface area contributed by atoms with Crippen LogP contribution in [0.3, 0.4) is 0 Å². The zero-order valence-corrected chi connectivity index (χ0v) is 8.81. The quantitative estimate of drug-likeness (QED) is 0.519. The van der Waals surface area contributed by atoms with Gasteiger partial charge in [-0.15, -0.1) is 0 Å². The first-order chi connectivity index (χ1) is 5.66. The molecule has 0 bridgehead atoms. The molecule has 0 saturated heterocycles. The molecule has 0 saturated carbocycles. The highest BCUT2D eigenvalue weighted by Crippen LogP contribution is 2.12. The summed E-state index contributed by atoms with van der Waals surface area (Å²) in [6.07, 6.45) is 6.14. The highest BCUT2D eigenvalue weighted by molar-refractivity contribution is 4.57. The van der Waals surface area contributed by atoms with Crippen LogP contribution in [-0.4, -0.2) is 6.10 Å². The van der Waals surface area contributed by atoms with Crippen LogP contribution in [-0.2, 0) is 5.11 Å². The summed E-state index contributed by atoms with van der Waals surface area (Å²) in [4.78, 5) is 0. The maximum atomic E-state index is 11.3. The van der Waals surface area contributed by atoms with Gasteiger partial charge in [-0.05, 0) is 25.2 Å². The van der Waals surface area contributed by atoms with Crippen LogP contribution in [0.4, 0.5) is 0 Å². The molecule has 12 heavy (non-hydrogen) atoms. The van der Waals surface area contributed by atoms with Crippen molar-refractivity contribution >= 4 is 0 Å². The van der Waals surface area contributed by atoms with E-state index in [1.54, 1.807) is 0 Å². The van der Waals surface area contributed by atoms with E-state index in [1.807, 2.05) is 0 Å². The summed E-state index contributed by atoms with van der Waals surface area (Å²) in [5, 5.41) is 11.3. The van der Waals surface area contributed by atoms with Crippen molar-refractivity contribution in [3.63, 3.8) is 0 Å². The molecule has 0 amide bonds. The molecule has 0 aromatic rings. The Labute approximate surface area is 77.2 Å². The molecule has 0 rings (SSSR count). The summed E-state index contributed by atoms with van der Waals surface area (Å²) in [6, 6.07) is 0. The molecule has 0 aromatic carbocycles. The molecular formula is C11H23O. The molecule has 0 fully saturated rings. The highest BCUT2D eigenvalue weighted by Gasteiger charge is 2.06. The minimum Gasteiger partial charge on any atom is -0.233 e. The summed E-state index contributed by atoms with van der Waals surface area (Å²) in [5.74, 6) is 0.688. The number of hydrogen-bond donors (Lipinski definition) is 0. The van der Waals surface area contributed by atoms with Crippen LogP contribution in [0.25, 0.3) is 0 Å². The van der Waals surface area contributed by atoms with E-state index in [9.17, 15) is 5.11 Å². The Kier molecular flexibility index (Phi) is 7.58. The molecule has 1 radical (unpaired) electrons. The summed E-state index contributed by atoms with van der Waals surface area (Å²) >= 11 is 0. The maximum absolute atomic E-state index is 11.3. The first-order valence-corrected chi connectivity index (χ1v) is 5.32. The van der Waals surface area contributed by atoms with E-state index in [-0.39, 0.29) is 6.10 Å². The van der Waals surface area contributed by atoms with E-state index in [0.717, 1.165) is 25.7 Å². The molecule has 73 valence electrons. The van der Waals surface area contributed by atoms with Crippen molar-refractivity contribution in [1.29, 1.82) is 0 Å². The second kappa shape index (κ2) is 7.60. The average molecular weight is 171 g/mol. The Bertz CT molecular complexity index is 89.0. The molecule has 1 atom stereocenters. The van der Waals surface area contributed by atoms with Crippen molar-refractivity contribution in [2.24, 2.45) is 5.92 Å². The molecule has 0 N–H and O–H groups in total. The molecule has 0 aliphatic rings. The smallest absolute Gasteiger partial charge is 0.0930 e. The van der Waals surface area contributed by atoms with E-state index < -0.39 is 0 Å². The Balaban J connectivity index is 3.15. The van der Waals surface area contributed by atoms with Gasteiger partial charge in [0, 0.05) is 0 Å². The predicted octanol–water partition coefficient (Wildman–Crippen LogP) is 3.80. The van der Waals surface area contributed by atoms with Gasteiger partial charge in [-0.1, -0.05) is 40.0 Å². The van der Waals surface area contributed by atoms with Crippen molar-refractivity contribution < 1.29 is 5.11 Å². The lowest BCUT2D eigenvalue weighted by Crippen LogP contribution is -2.05. The summed E-state index contributed by atoms with van der Waals surface area (Å²) in [5.41, 5.74) is 0. The average Bonchev–Trinajstić information content (AvgIpc) is 2.01. The largest absolute Gasteiger partial charge is 0.233 e. The SMILES string of the molecule is CCCCCC([O])CCC(C)C. The number of unbranched alkanes of at least 4 members (excludes halogenated alkanes) is 2. The van der Waals surface area contributed by atoms with E-state index >= 15 is 0 Å². The van der Waals surface area contributed by atoms with Gasteiger partial charge in [0.05, 0.1) is 6.10 Å². The second-order valence-electron chi connectivity index (χ2n) is 4.09. The van der Waals surface area contributed by atoms with Crippen molar-refractivity contribution in [3.05, 3.63) is 0 Å². The van der Waals surface area contributed by atoms with Gasteiger partial charge < -0.3 is 0 Å². The molecule has 1 heteroatoms. The Morgan fingerprint density at radius 3 is 2.17 bits per heavy atom. The fourth-order valence-electron chi connectivity index (χ4n) is 1.29. The minimum atomic E-state index is -0.293. The van der Waals surface area contributed by atoms with Gasteiger partial charge in [0.25, 0.3) is 0 Å². The molecule has 0 aliphatic heterocycles. The zero-order valence-electron chi connectivity index (χ0n) is 8.81. The van der Waals surface area contributed by atoms with Crippen LogP contribution in [0, 0.1) is 5.92 Å². The van der Waals surface area contributed by atoms with Gasteiger partial charge in [0.2, 0.25) is 0 Å². The van der Waals surface area contributed by atoms with Crippen LogP contribution < -0.4 is 0 Å². The van der Waals surface area contributed by atoms with Gasteiger partial charge in [-0.25, -0.2) is 5.11 Å². The fourth-order valence-corrected chi connectivity index (χ4v) is 1.29. The Morgan fingerprint density at radius 1 is 1.00 bits per heavy atom. The lowest BCUT2D eigenvalue weighted by molar-refractivity contribution is 0.0666. The fraction of sp³-hybridized carbons (Fsp3) is 1.00. The lowest BCUT2D eigenvalue weighted by atomic mass is 10.0. The summed E-state index contributed by atoms with van der Waals surface area (Å²) in [7, 11) is 0. The van der Waals surface area contributed by atoms with Gasteiger partial charge in [0.15, 0.2) is 0 Å². The van der Waals surface area contributed by atoms with Crippen LogP contribution in [0.1, 0.15) is 59.3 Å². The molecule has 1 unspecified atom stereocenters. The van der Waals surface area contributed by atoms with Gasteiger partial charge >= 0.3 is 0 Å². The van der Waals surface area contributed by atoms with E-state index in [4.69, 9.17) is 0 Å². The lowest BCUT2D eigenvalue weighted by Gasteiger charge is -2.09. The van der Waals surface area contributed by atoms with Crippen LogP contribution in [0.5, 0.6) is 0 Å². The third-order valence-electron chi connectivity index (χ3n) is 2.20. The predicted molar refractivity (Wildman–Crippen MR) is 52.7 cm³/mol. The third kappa shape index (κ3) is 8.06.